The Bertz CT molecular complexity index is 269. The second-order valence-corrected chi connectivity index (χ2v) is 5.00. The van der Waals surface area contributed by atoms with Crippen molar-refractivity contribution in [3.8, 4) is 0 Å². The maximum Gasteiger partial charge on any atom is 0.303 e. The fraction of sp³-hybridized carbons (Fsp3) is 0.750. The summed E-state index contributed by atoms with van der Waals surface area (Å²) in [4.78, 5) is 21.8. The second-order valence-electron chi connectivity index (χ2n) is 5.00. The van der Waals surface area contributed by atoms with Gasteiger partial charge in [0.25, 0.3) is 0 Å². The van der Waals surface area contributed by atoms with E-state index >= 15 is 0 Å². The van der Waals surface area contributed by atoms with E-state index in [2.05, 4.69) is 19.1 Å². The van der Waals surface area contributed by atoms with Crippen LogP contribution in [0, 0.1) is 0 Å². The van der Waals surface area contributed by atoms with Gasteiger partial charge in [0.2, 0.25) is 0 Å². The van der Waals surface area contributed by atoms with Crippen molar-refractivity contribution >= 4 is 11.8 Å². The summed E-state index contributed by atoms with van der Waals surface area (Å²) in [7, 11) is 0. The zero-order valence-electron chi connectivity index (χ0n) is 12.2. The molecule has 0 spiro atoms. The van der Waals surface area contributed by atoms with Crippen LogP contribution in [0.2, 0.25) is 0 Å². The Kier molecular flexibility index (Phi) is 12.5. The number of carboxylic acid groups (broad SMARTS) is 1. The molecule has 3 heteroatoms. The highest BCUT2D eigenvalue weighted by Gasteiger charge is 2.02. The topological polar surface area (TPSA) is 54.4 Å². The molecule has 0 aromatic heterocycles. The van der Waals surface area contributed by atoms with Crippen LogP contribution in [0.3, 0.4) is 0 Å². The van der Waals surface area contributed by atoms with Crippen LogP contribution in [0.25, 0.3) is 0 Å². The number of ketones is 1. The number of carboxylic acids is 1. The minimum Gasteiger partial charge on any atom is -0.481 e. The molecule has 0 radical (unpaired) electrons. The van der Waals surface area contributed by atoms with Crippen LogP contribution in [-0.4, -0.2) is 16.9 Å². The molecule has 0 aliphatic rings. The lowest BCUT2D eigenvalue weighted by Crippen LogP contribution is -1.98. The second kappa shape index (κ2) is 13.3. The summed E-state index contributed by atoms with van der Waals surface area (Å²) in [5, 5.41) is 8.47. The Hall–Kier alpha value is -1.12. The van der Waals surface area contributed by atoms with Gasteiger partial charge in [-0.3, -0.25) is 9.59 Å². The zero-order valence-corrected chi connectivity index (χ0v) is 12.2. The first kappa shape index (κ1) is 17.9. The quantitative estimate of drug-likeness (QED) is 0.395. The Morgan fingerprint density at radius 2 is 1.42 bits per heavy atom. The molecule has 0 unspecified atom stereocenters. The average Bonchev–Trinajstić information content (AvgIpc) is 2.37. The molecule has 3 nitrogen and oxygen atoms in total. The molecule has 0 saturated carbocycles. The van der Waals surface area contributed by atoms with Gasteiger partial charge < -0.3 is 5.11 Å². The minimum atomic E-state index is -0.748. The van der Waals surface area contributed by atoms with Gasteiger partial charge >= 0.3 is 5.97 Å². The minimum absolute atomic E-state index is 0.221. The van der Waals surface area contributed by atoms with Gasteiger partial charge in [-0.1, -0.05) is 31.9 Å². The van der Waals surface area contributed by atoms with Crippen molar-refractivity contribution in [2.24, 2.45) is 0 Å². The van der Waals surface area contributed by atoms with Crippen LogP contribution in [0.4, 0.5) is 0 Å². The maximum atomic E-state index is 11.5. The number of carbonyl (C=O) groups excluding carboxylic acids is 1. The number of allylic oxidation sites excluding steroid dienone is 2. The standard InChI is InChI=1S/C16H28O3/c1-2-3-4-5-6-7-9-12-15(17)13-10-8-11-14-16(18)19/h4-5H,2-3,6-14H2,1H3,(H,18,19). The van der Waals surface area contributed by atoms with Gasteiger partial charge in [-0.25, -0.2) is 0 Å². The van der Waals surface area contributed by atoms with Crippen molar-refractivity contribution in [2.45, 2.75) is 77.6 Å². The highest BCUT2D eigenvalue weighted by atomic mass is 16.4. The molecular weight excluding hydrogens is 240 g/mol. The smallest absolute Gasteiger partial charge is 0.303 e. The van der Waals surface area contributed by atoms with E-state index in [0.29, 0.717) is 25.0 Å². The predicted octanol–water partition coefficient (Wildman–Crippen LogP) is 4.51. The molecule has 1 N–H and O–H groups in total. The molecule has 0 amide bonds. The number of Topliss-reactive ketones (excluding diaryl/α,β-unsaturated/α-hetero) is 1. The highest BCUT2D eigenvalue weighted by Crippen LogP contribution is 2.08. The maximum absolute atomic E-state index is 11.5. The van der Waals surface area contributed by atoms with Crippen LogP contribution in [-0.2, 0) is 9.59 Å². The van der Waals surface area contributed by atoms with Crippen LogP contribution in [0.15, 0.2) is 12.2 Å². The van der Waals surface area contributed by atoms with Crippen molar-refractivity contribution in [3.63, 3.8) is 0 Å². The van der Waals surface area contributed by atoms with Gasteiger partial charge in [0.15, 0.2) is 0 Å². The molecule has 0 rings (SSSR count). The summed E-state index contributed by atoms with van der Waals surface area (Å²) >= 11 is 0. The molecule has 0 saturated heterocycles. The molecular formula is C16H28O3. The van der Waals surface area contributed by atoms with Gasteiger partial charge in [-0.05, 0) is 38.5 Å². The molecule has 0 atom stereocenters. The number of rotatable bonds is 13. The Labute approximate surface area is 117 Å². The largest absolute Gasteiger partial charge is 0.481 e. The molecule has 0 aliphatic carbocycles. The third kappa shape index (κ3) is 14.8. The van der Waals surface area contributed by atoms with E-state index < -0.39 is 5.97 Å². The van der Waals surface area contributed by atoms with E-state index in [9.17, 15) is 9.59 Å². The number of aliphatic carboxylic acids is 1. The normalized spacial score (nSPS) is 11.0. The molecule has 0 bridgehead atoms. The predicted molar refractivity (Wildman–Crippen MR) is 78.2 cm³/mol. The molecule has 0 heterocycles. The zero-order chi connectivity index (χ0) is 14.3. The molecule has 0 fully saturated rings. The lowest BCUT2D eigenvalue weighted by Gasteiger charge is -2.00. The lowest BCUT2D eigenvalue weighted by molar-refractivity contribution is -0.137. The van der Waals surface area contributed by atoms with Crippen molar-refractivity contribution in [1.82, 2.24) is 0 Å². The van der Waals surface area contributed by atoms with Crippen molar-refractivity contribution in [1.29, 1.82) is 0 Å². The summed E-state index contributed by atoms with van der Waals surface area (Å²) in [6.45, 7) is 2.17. The van der Waals surface area contributed by atoms with Gasteiger partial charge in [-0.2, -0.15) is 0 Å². The van der Waals surface area contributed by atoms with Crippen LogP contribution >= 0.6 is 0 Å². The van der Waals surface area contributed by atoms with E-state index in [1.807, 2.05) is 0 Å². The molecule has 0 aliphatic heterocycles. The number of hydrogen-bond acceptors (Lipinski definition) is 2. The fourth-order valence-corrected chi connectivity index (χ4v) is 1.89. The van der Waals surface area contributed by atoms with E-state index in [1.54, 1.807) is 0 Å². The fourth-order valence-electron chi connectivity index (χ4n) is 1.89. The SMILES string of the molecule is CCCC=CCCCCC(=O)CCCCCC(=O)O. The number of carbonyl (C=O) groups is 2. The summed E-state index contributed by atoms with van der Waals surface area (Å²) in [6.07, 6.45) is 13.8. The van der Waals surface area contributed by atoms with Crippen LogP contribution in [0.1, 0.15) is 77.6 Å². The Balaban J connectivity index is 3.28. The molecule has 110 valence electrons. The van der Waals surface area contributed by atoms with Gasteiger partial charge in [0.1, 0.15) is 5.78 Å². The van der Waals surface area contributed by atoms with Crippen molar-refractivity contribution < 1.29 is 14.7 Å². The van der Waals surface area contributed by atoms with E-state index in [-0.39, 0.29) is 6.42 Å². The summed E-state index contributed by atoms with van der Waals surface area (Å²) in [6, 6.07) is 0. The summed E-state index contributed by atoms with van der Waals surface area (Å²) < 4.78 is 0. The van der Waals surface area contributed by atoms with E-state index in [4.69, 9.17) is 5.11 Å². The van der Waals surface area contributed by atoms with Crippen LogP contribution in [0.5, 0.6) is 0 Å². The number of unbranched alkanes of at least 4 members (excludes halogenated alkanes) is 5. The first-order valence-corrected chi connectivity index (χ1v) is 7.55. The lowest BCUT2D eigenvalue weighted by atomic mass is 10.0. The number of hydrogen-bond donors (Lipinski definition) is 1. The van der Waals surface area contributed by atoms with Gasteiger partial charge in [-0.15, -0.1) is 0 Å². The third-order valence-corrected chi connectivity index (χ3v) is 3.04. The van der Waals surface area contributed by atoms with Crippen LogP contribution < -0.4 is 0 Å². The Morgan fingerprint density at radius 3 is 2.05 bits per heavy atom. The summed E-state index contributed by atoms with van der Waals surface area (Å²) in [5.41, 5.74) is 0. The first-order valence-electron chi connectivity index (χ1n) is 7.55. The van der Waals surface area contributed by atoms with E-state index in [0.717, 1.165) is 38.5 Å². The van der Waals surface area contributed by atoms with E-state index in [1.165, 1.54) is 6.42 Å². The molecule has 0 aromatic carbocycles. The monoisotopic (exact) mass is 268 g/mol. The molecule has 0 aromatic rings. The van der Waals surface area contributed by atoms with Gasteiger partial charge in [0, 0.05) is 19.3 Å². The summed E-state index contributed by atoms with van der Waals surface area (Å²) in [5.74, 6) is -0.421. The molecule has 19 heavy (non-hydrogen) atoms. The van der Waals surface area contributed by atoms with Gasteiger partial charge in [0.05, 0.1) is 0 Å². The van der Waals surface area contributed by atoms with Crippen molar-refractivity contribution in [3.05, 3.63) is 12.2 Å². The highest BCUT2D eigenvalue weighted by molar-refractivity contribution is 5.78. The third-order valence-electron chi connectivity index (χ3n) is 3.04. The Morgan fingerprint density at radius 1 is 0.842 bits per heavy atom. The average molecular weight is 268 g/mol. The van der Waals surface area contributed by atoms with Crippen molar-refractivity contribution in [2.75, 3.05) is 0 Å². The first-order chi connectivity index (χ1) is 9.16.